The average Bonchev–Trinajstić information content (AvgIpc) is 3.12. The molecule has 4 nitrogen and oxygen atoms in total. The molecule has 3 aromatic rings. The van der Waals surface area contributed by atoms with Crippen LogP contribution in [0.5, 0.6) is 0 Å². The van der Waals surface area contributed by atoms with Gasteiger partial charge in [0.1, 0.15) is 0 Å². The number of hydrogen-bond acceptors (Lipinski definition) is 3. The smallest absolute Gasteiger partial charge is 0.243 e. The lowest BCUT2D eigenvalue weighted by Crippen LogP contribution is -2.30. The van der Waals surface area contributed by atoms with Crippen molar-refractivity contribution in [2.75, 3.05) is 6.54 Å². The number of benzene rings is 2. The molecule has 1 aliphatic heterocycles. The zero-order chi connectivity index (χ0) is 17.4. The van der Waals surface area contributed by atoms with Gasteiger partial charge in [-0.3, -0.25) is 4.98 Å². The van der Waals surface area contributed by atoms with Crippen molar-refractivity contribution in [3.63, 3.8) is 0 Å². The number of rotatable bonds is 3. The molecule has 1 saturated heterocycles. The van der Waals surface area contributed by atoms with Crippen LogP contribution in [0.3, 0.4) is 0 Å². The van der Waals surface area contributed by atoms with Crippen LogP contribution < -0.4 is 0 Å². The van der Waals surface area contributed by atoms with Crippen molar-refractivity contribution in [1.82, 2.24) is 9.29 Å². The predicted molar refractivity (Wildman–Crippen MR) is 98.8 cm³/mol. The van der Waals surface area contributed by atoms with E-state index in [9.17, 15) is 8.42 Å². The van der Waals surface area contributed by atoms with Crippen LogP contribution in [0.15, 0.2) is 65.7 Å². The molecule has 0 saturated carbocycles. The molecule has 1 unspecified atom stereocenters. The van der Waals surface area contributed by atoms with Crippen molar-refractivity contribution in [3.8, 4) is 0 Å². The maximum Gasteiger partial charge on any atom is 0.243 e. The number of nitrogens with zero attached hydrogens (tertiary/aromatic N) is 2. The summed E-state index contributed by atoms with van der Waals surface area (Å²) in [6.07, 6.45) is 3.49. The van der Waals surface area contributed by atoms with Gasteiger partial charge in [-0.05, 0) is 55.7 Å². The maximum absolute atomic E-state index is 13.1. The number of pyridine rings is 1. The standard InChI is InChI=1S/C20H20N2O2S/c1-15-6-9-18(10-7-15)25(23,24)22-13-3-5-20(22)17-8-11-19-16(14-17)4-2-12-21-19/h2,4,6-12,14,20H,3,5,13H2,1H3. The molecular formula is C20H20N2O2S. The summed E-state index contributed by atoms with van der Waals surface area (Å²) in [5, 5.41) is 1.04. The summed E-state index contributed by atoms with van der Waals surface area (Å²) in [5.41, 5.74) is 3.02. The molecule has 5 heteroatoms. The van der Waals surface area contributed by atoms with Crippen LogP contribution in [0, 0.1) is 6.92 Å². The number of hydrogen-bond donors (Lipinski definition) is 0. The second kappa shape index (κ2) is 6.24. The third-order valence-electron chi connectivity index (χ3n) is 4.84. The summed E-state index contributed by atoms with van der Waals surface area (Å²) in [7, 11) is -3.49. The van der Waals surface area contributed by atoms with Crippen molar-refractivity contribution < 1.29 is 8.42 Å². The minimum absolute atomic E-state index is 0.115. The Morgan fingerprint density at radius 1 is 1.08 bits per heavy atom. The second-order valence-corrected chi connectivity index (χ2v) is 8.43. The molecular weight excluding hydrogens is 332 g/mol. The van der Waals surface area contributed by atoms with Crippen LogP contribution in [0.1, 0.15) is 30.0 Å². The van der Waals surface area contributed by atoms with Gasteiger partial charge < -0.3 is 0 Å². The van der Waals surface area contributed by atoms with E-state index in [0.29, 0.717) is 11.4 Å². The van der Waals surface area contributed by atoms with Gasteiger partial charge in [0.05, 0.1) is 16.5 Å². The predicted octanol–water partition coefficient (Wildman–Crippen LogP) is 4.07. The highest BCUT2D eigenvalue weighted by Gasteiger charge is 2.36. The van der Waals surface area contributed by atoms with Crippen LogP contribution >= 0.6 is 0 Å². The molecule has 0 radical (unpaired) electrons. The Kier molecular flexibility index (Phi) is 4.06. The van der Waals surface area contributed by atoms with Crippen molar-refractivity contribution in [3.05, 3.63) is 71.9 Å². The van der Waals surface area contributed by atoms with Crippen LogP contribution in [0.4, 0.5) is 0 Å². The average molecular weight is 352 g/mol. The first-order valence-corrected chi connectivity index (χ1v) is 9.93. The molecule has 2 heterocycles. The minimum atomic E-state index is -3.49. The summed E-state index contributed by atoms with van der Waals surface area (Å²) in [5.74, 6) is 0. The van der Waals surface area contributed by atoms with E-state index in [4.69, 9.17) is 0 Å². The van der Waals surface area contributed by atoms with E-state index in [0.717, 1.165) is 34.9 Å². The van der Waals surface area contributed by atoms with Gasteiger partial charge in [-0.1, -0.05) is 29.8 Å². The Bertz CT molecular complexity index is 1010. The van der Waals surface area contributed by atoms with Crippen molar-refractivity contribution in [2.45, 2.75) is 30.7 Å². The fraction of sp³-hybridized carbons (Fsp3) is 0.250. The lowest BCUT2D eigenvalue weighted by Gasteiger charge is -2.24. The summed E-state index contributed by atoms with van der Waals surface area (Å²) >= 11 is 0. The molecule has 0 aliphatic carbocycles. The zero-order valence-electron chi connectivity index (χ0n) is 14.1. The van der Waals surface area contributed by atoms with Gasteiger partial charge in [-0.25, -0.2) is 8.42 Å². The van der Waals surface area contributed by atoms with Crippen molar-refractivity contribution >= 4 is 20.9 Å². The quantitative estimate of drug-likeness (QED) is 0.714. The van der Waals surface area contributed by atoms with Crippen LogP contribution in [0.2, 0.25) is 0 Å². The Labute approximate surface area is 148 Å². The zero-order valence-corrected chi connectivity index (χ0v) is 14.9. The molecule has 1 aromatic heterocycles. The summed E-state index contributed by atoms with van der Waals surface area (Å²) in [6, 6.07) is 16.9. The Morgan fingerprint density at radius 2 is 1.88 bits per heavy atom. The fourth-order valence-electron chi connectivity index (χ4n) is 3.51. The topological polar surface area (TPSA) is 50.3 Å². The third kappa shape index (κ3) is 2.94. The SMILES string of the molecule is Cc1ccc(S(=O)(=O)N2CCCC2c2ccc3ncccc3c2)cc1. The largest absolute Gasteiger partial charge is 0.256 e. The van der Waals surface area contributed by atoms with Crippen LogP contribution in [-0.4, -0.2) is 24.3 Å². The fourth-order valence-corrected chi connectivity index (χ4v) is 5.19. The Morgan fingerprint density at radius 3 is 2.68 bits per heavy atom. The highest BCUT2D eigenvalue weighted by Crippen LogP contribution is 2.37. The van der Waals surface area contributed by atoms with Gasteiger partial charge in [-0.15, -0.1) is 0 Å². The van der Waals surface area contributed by atoms with Crippen molar-refractivity contribution in [2.24, 2.45) is 0 Å². The van der Waals surface area contributed by atoms with Crippen LogP contribution in [0.25, 0.3) is 10.9 Å². The molecule has 1 atom stereocenters. The van der Waals surface area contributed by atoms with Gasteiger partial charge >= 0.3 is 0 Å². The molecule has 0 spiro atoms. The summed E-state index contributed by atoms with van der Waals surface area (Å²) < 4.78 is 27.9. The summed E-state index contributed by atoms with van der Waals surface area (Å²) in [6.45, 7) is 2.52. The monoisotopic (exact) mass is 352 g/mol. The Balaban J connectivity index is 1.73. The van der Waals surface area contributed by atoms with E-state index >= 15 is 0 Å². The van der Waals surface area contributed by atoms with Gasteiger partial charge in [0.15, 0.2) is 0 Å². The molecule has 128 valence electrons. The van der Waals surface area contributed by atoms with Gasteiger partial charge in [-0.2, -0.15) is 4.31 Å². The van der Waals surface area contributed by atoms with Crippen molar-refractivity contribution in [1.29, 1.82) is 0 Å². The number of aromatic nitrogens is 1. The molecule has 2 aromatic carbocycles. The van der Waals surface area contributed by atoms with Gasteiger partial charge in [0.25, 0.3) is 0 Å². The second-order valence-electron chi connectivity index (χ2n) is 6.54. The van der Waals surface area contributed by atoms with E-state index in [1.165, 1.54) is 0 Å². The van der Waals surface area contributed by atoms with Gasteiger partial charge in [0.2, 0.25) is 10.0 Å². The molecule has 0 amide bonds. The van der Waals surface area contributed by atoms with E-state index in [-0.39, 0.29) is 6.04 Å². The van der Waals surface area contributed by atoms with Crippen LogP contribution in [-0.2, 0) is 10.0 Å². The van der Waals surface area contributed by atoms with E-state index < -0.39 is 10.0 Å². The lowest BCUT2D eigenvalue weighted by molar-refractivity contribution is 0.397. The van der Waals surface area contributed by atoms with E-state index in [1.54, 1.807) is 22.6 Å². The van der Waals surface area contributed by atoms with E-state index in [2.05, 4.69) is 11.1 Å². The molecule has 0 bridgehead atoms. The Hall–Kier alpha value is -2.24. The first-order chi connectivity index (χ1) is 12.1. The molecule has 1 fully saturated rings. The number of fused-ring (bicyclic) bond motifs is 1. The van der Waals surface area contributed by atoms with E-state index in [1.807, 2.05) is 43.3 Å². The highest BCUT2D eigenvalue weighted by atomic mass is 32.2. The number of sulfonamides is 1. The normalized spacial score (nSPS) is 18.7. The highest BCUT2D eigenvalue weighted by molar-refractivity contribution is 7.89. The molecule has 4 rings (SSSR count). The molecule has 1 aliphatic rings. The first kappa shape index (κ1) is 16.2. The first-order valence-electron chi connectivity index (χ1n) is 8.49. The summed E-state index contributed by atoms with van der Waals surface area (Å²) in [4.78, 5) is 4.71. The maximum atomic E-state index is 13.1. The number of aryl methyl sites for hydroxylation is 1. The lowest BCUT2D eigenvalue weighted by atomic mass is 10.0. The minimum Gasteiger partial charge on any atom is -0.256 e. The molecule has 25 heavy (non-hydrogen) atoms. The molecule has 0 N–H and O–H groups in total. The third-order valence-corrected chi connectivity index (χ3v) is 6.77. The van der Waals surface area contributed by atoms with Gasteiger partial charge in [0, 0.05) is 18.1 Å².